The fraction of sp³-hybridized carbons (Fsp3) is 0.308. The number of rotatable bonds is 4. The first-order valence-electron chi connectivity index (χ1n) is 6.52. The number of alkyl halides is 3. The van der Waals surface area contributed by atoms with Crippen LogP contribution >= 0.6 is 0 Å². The molecule has 1 heterocycles. The van der Waals surface area contributed by atoms with Gasteiger partial charge in [0.15, 0.2) is 9.84 Å². The summed E-state index contributed by atoms with van der Waals surface area (Å²) in [6.45, 7) is 2.34. The van der Waals surface area contributed by atoms with Crippen LogP contribution < -0.4 is 0 Å². The van der Waals surface area contributed by atoms with Crippen LogP contribution in [0.2, 0.25) is 0 Å². The predicted molar refractivity (Wildman–Crippen MR) is 79.4 cm³/mol. The predicted octanol–water partition coefficient (Wildman–Crippen LogP) is 2.17. The first-order valence-corrected chi connectivity index (χ1v) is 9.62. The third-order valence-corrected chi connectivity index (χ3v) is 6.41. The maximum atomic E-state index is 12.7. The Morgan fingerprint density at radius 2 is 1.58 bits per heavy atom. The lowest BCUT2D eigenvalue weighted by Crippen LogP contribution is -2.31. The molecule has 0 unspecified atom stereocenters. The number of hydrogen-bond donors (Lipinski definition) is 0. The number of aromatic nitrogens is 2. The van der Waals surface area contributed by atoms with Crippen LogP contribution in [0.3, 0.4) is 0 Å². The first kappa shape index (κ1) is 18.5. The van der Waals surface area contributed by atoms with Crippen molar-refractivity contribution in [1.29, 1.82) is 0 Å². The summed E-state index contributed by atoms with van der Waals surface area (Å²) >= 11 is 0. The van der Waals surface area contributed by atoms with E-state index in [0.717, 1.165) is 6.92 Å². The number of hydrogen-bond acceptors (Lipinski definition) is 5. The molecule has 0 fully saturated rings. The number of halogens is 3. The van der Waals surface area contributed by atoms with Crippen LogP contribution in [0.5, 0.6) is 0 Å². The van der Waals surface area contributed by atoms with Crippen molar-refractivity contribution in [3.8, 4) is 0 Å². The Kier molecular flexibility index (Phi) is 4.53. The minimum absolute atomic E-state index is 0.0183. The van der Waals surface area contributed by atoms with Gasteiger partial charge in [-0.05, 0) is 26.0 Å². The average molecular weight is 382 g/mol. The Hall–Kier alpha value is -1.88. The van der Waals surface area contributed by atoms with E-state index in [2.05, 4.69) is 5.10 Å². The maximum absolute atomic E-state index is 12.7. The van der Waals surface area contributed by atoms with Gasteiger partial charge in [0.2, 0.25) is 0 Å². The van der Waals surface area contributed by atoms with Gasteiger partial charge in [0.05, 0.1) is 22.0 Å². The zero-order valence-electron chi connectivity index (χ0n) is 12.6. The van der Waals surface area contributed by atoms with Gasteiger partial charge in [0.1, 0.15) is 0 Å². The van der Waals surface area contributed by atoms with E-state index in [1.54, 1.807) is 6.07 Å². The van der Waals surface area contributed by atoms with Crippen molar-refractivity contribution in [2.75, 3.05) is 0 Å². The van der Waals surface area contributed by atoms with Crippen molar-refractivity contribution in [2.45, 2.75) is 30.0 Å². The zero-order chi connectivity index (χ0) is 18.3. The van der Waals surface area contributed by atoms with E-state index < -0.39 is 31.1 Å². The SMILES string of the molecule is Cc1nn(S(=O)(=O)C(F)(F)F)c(C)c1CS(=O)(=O)c1ccccc1. The molecule has 11 heteroatoms. The molecule has 0 atom stereocenters. The van der Waals surface area contributed by atoms with Crippen molar-refractivity contribution in [2.24, 2.45) is 0 Å². The molecule has 1 aromatic heterocycles. The Bertz CT molecular complexity index is 963. The first-order chi connectivity index (χ1) is 10.9. The summed E-state index contributed by atoms with van der Waals surface area (Å²) in [5.41, 5.74) is -6.10. The number of aryl methyl sites for hydroxylation is 1. The molecule has 0 saturated carbocycles. The van der Waals surface area contributed by atoms with E-state index in [1.807, 2.05) is 0 Å². The van der Waals surface area contributed by atoms with Gasteiger partial charge in [0.25, 0.3) is 0 Å². The normalized spacial score (nSPS) is 13.2. The van der Waals surface area contributed by atoms with Crippen LogP contribution in [0.1, 0.15) is 17.0 Å². The lowest BCUT2D eigenvalue weighted by molar-refractivity contribution is -0.0450. The molecule has 0 saturated heterocycles. The van der Waals surface area contributed by atoms with Crippen molar-refractivity contribution >= 4 is 19.9 Å². The smallest absolute Gasteiger partial charge is 0.223 e. The summed E-state index contributed by atoms with van der Waals surface area (Å²) in [5, 5.41) is 3.37. The van der Waals surface area contributed by atoms with Crippen LogP contribution in [0.15, 0.2) is 35.2 Å². The van der Waals surface area contributed by atoms with Crippen molar-refractivity contribution in [3.63, 3.8) is 0 Å². The van der Waals surface area contributed by atoms with Gasteiger partial charge in [-0.25, -0.2) is 8.42 Å². The largest absolute Gasteiger partial charge is 0.518 e. The van der Waals surface area contributed by atoms with Gasteiger partial charge in [-0.2, -0.15) is 30.8 Å². The maximum Gasteiger partial charge on any atom is 0.518 e. The third kappa shape index (κ3) is 3.18. The average Bonchev–Trinajstić information content (AvgIpc) is 2.75. The van der Waals surface area contributed by atoms with Crippen LogP contribution in [0.4, 0.5) is 13.2 Å². The summed E-state index contributed by atoms with van der Waals surface area (Å²) < 4.78 is 85.6. The molecule has 6 nitrogen and oxygen atoms in total. The van der Waals surface area contributed by atoms with E-state index >= 15 is 0 Å². The van der Waals surface area contributed by atoms with Gasteiger partial charge in [0, 0.05) is 5.56 Å². The highest BCUT2D eigenvalue weighted by Gasteiger charge is 2.49. The summed E-state index contributed by atoms with van der Waals surface area (Å²) in [6, 6.07) is 7.31. The lowest BCUT2D eigenvalue weighted by Gasteiger charge is -2.10. The molecule has 2 aromatic rings. The molecule has 0 aliphatic rings. The Morgan fingerprint density at radius 3 is 2.08 bits per heavy atom. The molecule has 0 N–H and O–H groups in total. The Balaban J connectivity index is 2.52. The van der Waals surface area contributed by atoms with E-state index in [4.69, 9.17) is 0 Å². The van der Waals surface area contributed by atoms with Crippen LogP contribution in [-0.4, -0.2) is 31.5 Å². The molecule has 0 bridgehead atoms. The van der Waals surface area contributed by atoms with Crippen LogP contribution in [-0.2, 0) is 25.6 Å². The van der Waals surface area contributed by atoms with E-state index in [1.165, 1.54) is 31.2 Å². The van der Waals surface area contributed by atoms with Gasteiger partial charge < -0.3 is 0 Å². The number of benzene rings is 1. The minimum atomic E-state index is -5.72. The summed E-state index contributed by atoms with van der Waals surface area (Å²) in [5.74, 6) is -0.651. The Morgan fingerprint density at radius 1 is 1.04 bits per heavy atom. The molecule has 0 aliphatic carbocycles. The summed E-state index contributed by atoms with van der Waals surface area (Å²) in [4.78, 5) is -0.0183. The second kappa shape index (κ2) is 5.88. The molecule has 0 radical (unpaired) electrons. The highest BCUT2D eigenvalue weighted by atomic mass is 32.2. The fourth-order valence-electron chi connectivity index (χ4n) is 2.09. The minimum Gasteiger partial charge on any atom is -0.223 e. The highest BCUT2D eigenvalue weighted by molar-refractivity contribution is 7.91. The molecule has 0 amide bonds. The van der Waals surface area contributed by atoms with Gasteiger partial charge in [-0.1, -0.05) is 18.2 Å². The second-order valence-electron chi connectivity index (χ2n) is 5.02. The molecular formula is C13H13F3N2O4S2. The molecule has 132 valence electrons. The van der Waals surface area contributed by atoms with Crippen LogP contribution in [0.25, 0.3) is 0 Å². The molecule has 24 heavy (non-hydrogen) atoms. The van der Waals surface area contributed by atoms with Crippen molar-refractivity contribution < 1.29 is 30.0 Å². The van der Waals surface area contributed by atoms with E-state index in [9.17, 15) is 30.0 Å². The van der Waals surface area contributed by atoms with Crippen molar-refractivity contribution in [3.05, 3.63) is 47.3 Å². The van der Waals surface area contributed by atoms with Gasteiger partial charge in [-0.15, -0.1) is 0 Å². The summed E-state index contributed by atoms with van der Waals surface area (Å²) in [7, 11) is -9.57. The van der Waals surface area contributed by atoms with Gasteiger partial charge in [-0.3, -0.25) is 0 Å². The molecular weight excluding hydrogens is 369 g/mol. The molecule has 1 aromatic carbocycles. The summed E-state index contributed by atoms with van der Waals surface area (Å²) in [6.07, 6.45) is 0. The lowest BCUT2D eigenvalue weighted by atomic mass is 10.2. The van der Waals surface area contributed by atoms with Crippen LogP contribution in [0, 0.1) is 13.8 Å². The van der Waals surface area contributed by atoms with Gasteiger partial charge >= 0.3 is 15.5 Å². The highest BCUT2D eigenvalue weighted by Crippen LogP contribution is 2.29. The monoisotopic (exact) mass is 382 g/mol. The Labute approximate surface area is 136 Å². The third-order valence-electron chi connectivity index (χ3n) is 3.36. The molecule has 0 aliphatic heterocycles. The second-order valence-corrected chi connectivity index (χ2v) is 8.76. The fourth-order valence-corrected chi connectivity index (χ4v) is 4.52. The van der Waals surface area contributed by atoms with E-state index in [0.29, 0.717) is 0 Å². The topological polar surface area (TPSA) is 86.1 Å². The number of nitrogens with zero attached hydrogens (tertiary/aromatic N) is 2. The van der Waals surface area contributed by atoms with Crippen molar-refractivity contribution in [1.82, 2.24) is 9.19 Å². The quantitative estimate of drug-likeness (QED) is 0.809. The zero-order valence-corrected chi connectivity index (χ0v) is 14.2. The molecule has 0 spiro atoms. The standard InChI is InChI=1S/C13H13F3N2O4S2/c1-9-12(8-23(19,20)11-6-4-3-5-7-11)10(2)18(17-9)24(21,22)13(14,15)16/h3-7H,8H2,1-2H3. The van der Waals surface area contributed by atoms with E-state index in [-0.39, 0.29) is 25.9 Å². The number of sulfone groups is 1. The molecule has 2 rings (SSSR count).